The second-order valence-electron chi connectivity index (χ2n) is 8.93. The molecule has 33 heavy (non-hydrogen) atoms. The molecule has 162 valence electrons. The first-order valence-corrected chi connectivity index (χ1v) is 11.9. The summed E-state index contributed by atoms with van der Waals surface area (Å²) in [4.78, 5) is 29.2. The largest absolute Gasteiger partial charge is 0.338 e. The number of piperidine rings is 1. The third-order valence-corrected chi connectivity index (χ3v) is 7.98. The lowest BCUT2D eigenvalue weighted by atomic mass is 9.81. The molecule has 0 spiro atoms. The zero-order chi connectivity index (χ0) is 22.5. The Morgan fingerprint density at radius 3 is 2.61 bits per heavy atom. The number of thiophene rings is 1. The zero-order valence-corrected chi connectivity index (χ0v) is 18.7. The number of pyridine rings is 1. The number of aromatic nitrogens is 1. The summed E-state index contributed by atoms with van der Waals surface area (Å²) in [7, 11) is 0. The van der Waals surface area contributed by atoms with Crippen molar-refractivity contribution in [3.63, 3.8) is 0 Å². The first-order valence-electron chi connectivity index (χ1n) is 11.1. The van der Waals surface area contributed by atoms with E-state index >= 15 is 0 Å². The summed E-state index contributed by atoms with van der Waals surface area (Å²) in [5.74, 6) is 0.368. The van der Waals surface area contributed by atoms with Crippen LogP contribution in [0.5, 0.6) is 0 Å². The lowest BCUT2D eigenvalue weighted by molar-refractivity contribution is 0.0595. The highest BCUT2D eigenvalue weighted by molar-refractivity contribution is 7.22. The molecule has 2 aliphatic rings. The van der Waals surface area contributed by atoms with Gasteiger partial charge in [0.1, 0.15) is 0 Å². The molecule has 0 N–H and O–H groups in total. The number of nitriles is 1. The van der Waals surface area contributed by atoms with Gasteiger partial charge in [-0.25, -0.2) is 0 Å². The average Bonchev–Trinajstić information content (AvgIpc) is 3.28. The SMILES string of the molecule is N#Cc1ccc(C(=O)N2C[C@@H]3C[C@H](C2)c2c(-c4cc5ccccc5s4)ccc(=O)n2C3)cc1. The van der Waals surface area contributed by atoms with Gasteiger partial charge >= 0.3 is 0 Å². The molecular weight excluding hydrogens is 430 g/mol. The number of nitrogens with zero attached hydrogens (tertiary/aromatic N) is 3. The Labute approximate surface area is 195 Å². The van der Waals surface area contributed by atoms with E-state index in [-0.39, 0.29) is 23.3 Å². The Morgan fingerprint density at radius 2 is 1.82 bits per heavy atom. The molecule has 1 saturated heterocycles. The second kappa shape index (κ2) is 7.72. The molecule has 2 aromatic heterocycles. The monoisotopic (exact) mass is 451 g/mol. The fraction of sp³-hybridized carbons (Fsp3) is 0.222. The summed E-state index contributed by atoms with van der Waals surface area (Å²) in [6.45, 7) is 1.88. The van der Waals surface area contributed by atoms with Gasteiger partial charge in [-0.2, -0.15) is 5.26 Å². The molecular formula is C27H21N3O2S. The number of hydrogen-bond acceptors (Lipinski definition) is 4. The van der Waals surface area contributed by atoms with E-state index in [9.17, 15) is 9.59 Å². The van der Waals surface area contributed by atoms with Gasteiger partial charge in [-0.1, -0.05) is 18.2 Å². The van der Waals surface area contributed by atoms with Crippen LogP contribution < -0.4 is 5.56 Å². The number of benzene rings is 2. The van der Waals surface area contributed by atoms with Crippen LogP contribution in [0.1, 0.15) is 34.0 Å². The molecule has 6 rings (SSSR count). The molecule has 1 fully saturated rings. The number of carbonyl (C=O) groups excluding carboxylic acids is 1. The number of carbonyl (C=O) groups is 1. The number of fused-ring (bicyclic) bond motifs is 5. The number of rotatable bonds is 2. The summed E-state index contributed by atoms with van der Waals surface area (Å²) in [5.41, 5.74) is 3.35. The fourth-order valence-electron chi connectivity index (χ4n) is 5.37. The van der Waals surface area contributed by atoms with Crippen LogP contribution in [0.2, 0.25) is 0 Å². The highest BCUT2D eigenvalue weighted by Gasteiger charge is 2.38. The molecule has 4 aromatic rings. The molecule has 6 heteroatoms. The molecule has 2 atom stereocenters. The molecule has 2 aliphatic heterocycles. The van der Waals surface area contributed by atoms with Crippen LogP contribution in [0.4, 0.5) is 0 Å². The number of hydrogen-bond donors (Lipinski definition) is 0. The first kappa shape index (κ1) is 20.0. The molecule has 5 nitrogen and oxygen atoms in total. The highest BCUT2D eigenvalue weighted by Crippen LogP contribution is 2.43. The Kier molecular flexibility index (Phi) is 4.67. The third kappa shape index (κ3) is 3.37. The van der Waals surface area contributed by atoms with Crippen molar-refractivity contribution in [3.05, 3.63) is 93.9 Å². The smallest absolute Gasteiger partial charge is 0.253 e. The van der Waals surface area contributed by atoms with Gasteiger partial charge in [0.2, 0.25) is 0 Å². The topological polar surface area (TPSA) is 66.1 Å². The lowest BCUT2D eigenvalue weighted by Crippen LogP contribution is -2.49. The predicted molar refractivity (Wildman–Crippen MR) is 129 cm³/mol. The molecule has 0 saturated carbocycles. The number of amides is 1. The Hall–Kier alpha value is -3.69. The van der Waals surface area contributed by atoms with Crippen molar-refractivity contribution in [3.8, 4) is 16.5 Å². The summed E-state index contributed by atoms with van der Waals surface area (Å²) in [6.07, 6.45) is 0.985. The summed E-state index contributed by atoms with van der Waals surface area (Å²) in [6, 6.07) is 23.1. The van der Waals surface area contributed by atoms with Gasteiger partial charge in [0.25, 0.3) is 11.5 Å². The van der Waals surface area contributed by atoms with Crippen molar-refractivity contribution in [2.75, 3.05) is 13.1 Å². The van der Waals surface area contributed by atoms with Crippen LogP contribution in [0, 0.1) is 17.2 Å². The maximum atomic E-state index is 13.3. The maximum Gasteiger partial charge on any atom is 0.253 e. The van der Waals surface area contributed by atoms with Crippen molar-refractivity contribution in [1.29, 1.82) is 5.26 Å². The molecule has 0 aliphatic carbocycles. The first-order chi connectivity index (χ1) is 16.1. The Morgan fingerprint density at radius 1 is 1.00 bits per heavy atom. The van der Waals surface area contributed by atoms with Gasteiger partial charge in [0.15, 0.2) is 0 Å². The fourth-order valence-corrected chi connectivity index (χ4v) is 6.47. The lowest BCUT2D eigenvalue weighted by Gasteiger charge is -2.43. The standard InChI is InChI=1S/C27H21N3O2S/c28-13-17-5-7-19(8-6-17)27(32)29-14-18-11-21(16-29)26-22(9-10-25(31)30(26)15-18)24-12-20-3-1-2-4-23(20)33-24/h1-10,12,18,21H,11,14-16H2/t18-,21+/m0/s1. The van der Waals surface area contributed by atoms with E-state index in [2.05, 4.69) is 24.3 Å². The minimum Gasteiger partial charge on any atom is -0.338 e. The van der Waals surface area contributed by atoms with Crippen molar-refractivity contribution < 1.29 is 4.79 Å². The van der Waals surface area contributed by atoms with E-state index in [1.807, 2.05) is 27.7 Å². The van der Waals surface area contributed by atoms with E-state index in [1.54, 1.807) is 41.7 Å². The van der Waals surface area contributed by atoms with Crippen LogP contribution in [0.15, 0.2) is 71.5 Å². The van der Waals surface area contributed by atoms with E-state index < -0.39 is 0 Å². The highest BCUT2D eigenvalue weighted by atomic mass is 32.1. The van der Waals surface area contributed by atoms with Crippen LogP contribution in [-0.2, 0) is 6.54 Å². The minimum atomic E-state index is -0.00988. The zero-order valence-electron chi connectivity index (χ0n) is 17.9. The van der Waals surface area contributed by atoms with Crippen LogP contribution in [-0.4, -0.2) is 28.5 Å². The Balaban J connectivity index is 1.39. The molecule has 2 aromatic carbocycles. The molecule has 4 heterocycles. The van der Waals surface area contributed by atoms with E-state index in [0.717, 1.165) is 22.6 Å². The van der Waals surface area contributed by atoms with Crippen LogP contribution in [0.25, 0.3) is 20.5 Å². The van der Waals surface area contributed by atoms with Crippen molar-refractivity contribution in [2.24, 2.45) is 5.92 Å². The van der Waals surface area contributed by atoms with Crippen molar-refractivity contribution >= 4 is 27.3 Å². The minimum absolute atomic E-state index is 0.00988. The van der Waals surface area contributed by atoms with Gasteiger partial charge < -0.3 is 9.47 Å². The molecule has 0 radical (unpaired) electrons. The maximum absolute atomic E-state index is 13.3. The second-order valence-corrected chi connectivity index (χ2v) is 10.0. The van der Waals surface area contributed by atoms with Gasteiger partial charge in [-0.3, -0.25) is 9.59 Å². The molecule has 1 amide bonds. The van der Waals surface area contributed by atoms with Gasteiger partial charge in [0, 0.05) is 58.0 Å². The van der Waals surface area contributed by atoms with Gasteiger partial charge in [-0.05, 0) is 60.2 Å². The summed E-state index contributed by atoms with van der Waals surface area (Å²) < 4.78 is 3.18. The average molecular weight is 452 g/mol. The van der Waals surface area contributed by atoms with Crippen molar-refractivity contribution in [1.82, 2.24) is 9.47 Å². The number of likely N-dealkylation sites (tertiary alicyclic amines) is 1. The summed E-state index contributed by atoms with van der Waals surface area (Å²) in [5, 5.41) is 10.2. The normalized spacial score (nSPS) is 19.2. The Bertz CT molecular complexity index is 1460. The van der Waals surface area contributed by atoms with Gasteiger partial charge in [0.05, 0.1) is 11.6 Å². The predicted octanol–water partition coefficient (Wildman–Crippen LogP) is 4.86. The van der Waals surface area contributed by atoms with Crippen LogP contribution in [0.3, 0.4) is 0 Å². The molecule has 0 unspecified atom stereocenters. The van der Waals surface area contributed by atoms with Crippen molar-refractivity contribution in [2.45, 2.75) is 18.9 Å². The van der Waals surface area contributed by atoms with Crippen LogP contribution >= 0.6 is 11.3 Å². The van der Waals surface area contributed by atoms with E-state index in [4.69, 9.17) is 5.26 Å². The summed E-state index contributed by atoms with van der Waals surface area (Å²) >= 11 is 1.75. The van der Waals surface area contributed by atoms with E-state index in [0.29, 0.717) is 30.8 Å². The van der Waals surface area contributed by atoms with E-state index in [1.165, 1.54) is 10.1 Å². The molecule has 2 bridgehead atoms. The van der Waals surface area contributed by atoms with Gasteiger partial charge in [-0.15, -0.1) is 11.3 Å². The quantitative estimate of drug-likeness (QED) is 0.437. The third-order valence-electron chi connectivity index (χ3n) is 6.83.